The van der Waals surface area contributed by atoms with E-state index in [2.05, 4.69) is 21.2 Å². The van der Waals surface area contributed by atoms with E-state index < -0.39 is 5.97 Å². The Morgan fingerprint density at radius 3 is 2.68 bits per heavy atom. The lowest BCUT2D eigenvalue weighted by Crippen LogP contribution is -2.22. The number of amides is 1. The molecule has 1 heterocycles. The van der Waals surface area contributed by atoms with E-state index in [1.807, 2.05) is 0 Å². The van der Waals surface area contributed by atoms with E-state index in [1.165, 1.54) is 17.4 Å². The molecule has 0 fully saturated rings. The van der Waals surface area contributed by atoms with Crippen molar-refractivity contribution in [3.63, 3.8) is 0 Å². The number of rotatable bonds is 4. The molecule has 0 atom stereocenters. The van der Waals surface area contributed by atoms with E-state index in [1.54, 1.807) is 29.6 Å². The van der Waals surface area contributed by atoms with Crippen molar-refractivity contribution in [3.8, 4) is 0 Å². The summed E-state index contributed by atoms with van der Waals surface area (Å²) in [6.45, 7) is 0.299. The number of benzene rings is 1. The molecule has 1 amide bonds. The molecule has 98 valence electrons. The van der Waals surface area contributed by atoms with Crippen LogP contribution in [0.1, 0.15) is 26.3 Å². The summed E-state index contributed by atoms with van der Waals surface area (Å²) in [6, 6.07) is 8.24. The molecule has 4 nitrogen and oxygen atoms in total. The minimum absolute atomic E-state index is 0.178. The van der Waals surface area contributed by atoms with Crippen LogP contribution >= 0.6 is 27.3 Å². The molecule has 0 bridgehead atoms. The molecule has 6 heteroatoms. The Labute approximate surface area is 122 Å². The fourth-order valence-corrected chi connectivity index (χ4v) is 2.66. The maximum atomic E-state index is 11.8. The second kappa shape index (κ2) is 5.99. The third-order valence-electron chi connectivity index (χ3n) is 2.46. The van der Waals surface area contributed by atoms with E-state index in [4.69, 9.17) is 5.11 Å². The zero-order valence-corrected chi connectivity index (χ0v) is 12.1. The summed E-state index contributed by atoms with van der Waals surface area (Å²) < 4.78 is 0.894. The van der Waals surface area contributed by atoms with Crippen LogP contribution in [0.3, 0.4) is 0 Å². The van der Waals surface area contributed by atoms with Gasteiger partial charge in [-0.2, -0.15) is 0 Å². The van der Waals surface area contributed by atoms with Gasteiger partial charge in [0.15, 0.2) is 0 Å². The summed E-state index contributed by atoms with van der Waals surface area (Å²) in [5, 5.41) is 13.4. The average Bonchev–Trinajstić information content (AvgIpc) is 2.83. The van der Waals surface area contributed by atoms with Crippen molar-refractivity contribution in [2.75, 3.05) is 0 Å². The first-order valence-electron chi connectivity index (χ1n) is 5.41. The number of hydrogen-bond acceptors (Lipinski definition) is 3. The quantitative estimate of drug-likeness (QED) is 0.899. The summed E-state index contributed by atoms with van der Waals surface area (Å²) in [5.74, 6) is -1.15. The molecule has 2 aromatic rings. The van der Waals surface area contributed by atoms with Gasteiger partial charge < -0.3 is 10.4 Å². The Morgan fingerprint density at radius 2 is 2.05 bits per heavy atom. The van der Waals surface area contributed by atoms with Crippen LogP contribution in [0.4, 0.5) is 0 Å². The molecule has 0 saturated carbocycles. The molecule has 2 N–H and O–H groups in total. The highest BCUT2D eigenvalue weighted by molar-refractivity contribution is 9.11. The summed E-state index contributed by atoms with van der Waals surface area (Å²) in [4.78, 5) is 22.6. The lowest BCUT2D eigenvalue weighted by atomic mass is 10.1. The summed E-state index contributed by atoms with van der Waals surface area (Å²) in [5.41, 5.74) is 1.55. The average molecular weight is 340 g/mol. The molecule has 0 aliphatic rings. The highest BCUT2D eigenvalue weighted by Gasteiger charge is 2.08. The Hall–Kier alpha value is -1.66. The maximum absolute atomic E-state index is 11.8. The number of carboxylic acid groups (broad SMARTS) is 1. The molecule has 0 saturated heterocycles. The standard InChI is InChI=1S/C13H10BrNO3S/c14-11-5-10(7-19-11)12(16)15-6-8-2-1-3-9(4-8)13(17)18/h1-5,7H,6H2,(H,15,16)(H,17,18). The second-order valence-electron chi connectivity index (χ2n) is 3.83. The number of thiophene rings is 1. The summed E-state index contributed by atoms with van der Waals surface area (Å²) in [7, 11) is 0. The highest BCUT2D eigenvalue weighted by Crippen LogP contribution is 2.20. The van der Waals surface area contributed by atoms with E-state index in [-0.39, 0.29) is 11.5 Å². The molecule has 1 aromatic heterocycles. The number of carbonyl (C=O) groups excluding carboxylic acids is 1. The number of hydrogen-bond donors (Lipinski definition) is 2. The van der Waals surface area contributed by atoms with Gasteiger partial charge in [0.05, 0.1) is 14.9 Å². The zero-order chi connectivity index (χ0) is 13.8. The zero-order valence-electron chi connectivity index (χ0n) is 9.72. The molecule has 1 aromatic carbocycles. The molecule has 19 heavy (non-hydrogen) atoms. The molecule has 0 spiro atoms. The van der Waals surface area contributed by atoms with Gasteiger partial charge in [-0.1, -0.05) is 12.1 Å². The Bertz CT molecular complexity index is 624. The first-order chi connectivity index (χ1) is 9.06. The SMILES string of the molecule is O=C(O)c1cccc(CNC(=O)c2csc(Br)c2)c1. The first kappa shape index (κ1) is 13.8. The molecule has 0 aliphatic heterocycles. The van der Waals surface area contributed by atoms with Gasteiger partial charge in [0.2, 0.25) is 0 Å². The Kier molecular flexibility index (Phi) is 4.34. The lowest BCUT2D eigenvalue weighted by molar-refractivity contribution is 0.0696. The van der Waals surface area contributed by atoms with Gasteiger partial charge in [-0.15, -0.1) is 11.3 Å². The molecule has 0 unspecified atom stereocenters. The van der Waals surface area contributed by atoms with E-state index in [0.29, 0.717) is 12.1 Å². The largest absolute Gasteiger partial charge is 0.478 e. The van der Waals surface area contributed by atoms with Crippen LogP contribution in [0, 0.1) is 0 Å². The van der Waals surface area contributed by atoms with Gasteiger partial charge in [0, 0.05) is 11.9 Å². The van der Waals surface area contributed by atoms with Crippen molar-refractivity contribution < 1.29 is 14.7 Å². The number of halogens is 1. The minimum atomic E-state index is -0.977. The van der Waals surface area contributed by atoms with Gasteiger partial charge in [0.25, 0.3) is 5.91 Å². The van der Waals surface area contributed by atoms with Gasteiger partial charge in [-0.25, -0.2) is 4.79 Å². The molecule has 0 radical (unpaired) electrons. The van der Waals surface area contributed by atoms with Crippen LogP contribution in [-0.2, 0) is 6.54 Å². The normalized spacial score (nSPS) is 10.2. The maximum Gasteiger partial charge on any atom is 0.335 e. The Morgan fingerprint density at radius 1 is 1.26 bits per heavy atom. The predicted octanol–water partition coefficient (Wildman–Crippen LogP) is 3.14. The summed E-state index contributed by atoms with van der Waals surface area (Å²) in [6.07, 6.45) is 0. The smallest absolute Gasteiger partial charge is 0.335 e. The van der Waals surface area contributed by atoms with Crippen LogP contribution < -0.4 is 5.32 Å². The number of aromatic carboxylic acids is 1. The van der Waals surface area contributed by atoms with Gasteiger partial charge >= 0.3 is 5.97 Å². The fraction of sp³-hybridized carbons (Fsp3) is 0.0769. The number of nitrogens with one attached hydrogen (secondary N) is 1. The molecular weight excluding hydrogens is 330 g/mol. The highest BCUT2D eigenvalue weighted by atomic mass is 79.9. The van der Waals surface area contributed by atoms with E-state index in [9.17, 15) is 9.59 Å². The lowest BCUT2D eigenvalue weighted by Gasteiger charge is -2.05. The number of carbonyl (C=O) groups is 2. The predicted molar refractivity (Wildman–Crippen MR) is 76.6 cm³/mol. The monoisotopic (exact) mass is 339 g/mol. The third kappa shape index (κ3) is 3.65. The van der Waals surface area contributed by atoms with Crippen molar-refractivity contribution in [3.05, 3.63) is 56.2 Å². The van der Waals surface area contributed by atoms with Gasteiger partial charge in [0.1, 0.15) is 0 Å². The Balaban J connectivity index is 2.01. The third-order valence-corrected chi connectivity index (χ3v) is 3.96. The van der Waals surface area contributed by atoms with Crippen molar-refractivity contribution in [2.45, 2.75) is 6.54 Å². The fourth-order valence-electron chi connectivity index (χ4n) is 1.53. The van der Waals surface area contributed by atoms with Crippen LogP contribution in [0.25, 0.3) is 0 Å². The molecular formula is C13H10BrNO3S. The van der Waals surface area contributed by atoms with Crippen molar-refractivity contribution in [1.29, 1.82) is 0 Å². The van der Waals surface area contributed by atoms with E-state index in [0.717, 1.165) is 9.35 Å². The van der Waals surface area contributed by atoms with Crippen LogP contribution in [0.5, 0.6) is 0 Å². The van der Waals surface area contributed by atoms with Crippen LogP contribution in [0.15, 0.2) is 39.5 Å². The van der Waals surface area contributed by atoms with Gasteiger partial charge in [-0.3, -0.25) is 4.79 Å². The van der Waals surface area contributed by atoms with E-state index >= 15 is 0 Å². The van der Waals surface area contributed by atoms with Gasteiger partial charge in [-0.05, 0) is 39.7 Å². The number of carboxylic acids is 1. The van der Waals surface area contributed by atoms with Crippen molar-refractivity contribution in [2.24, 2.45) is 0 Å². The second-order valence-corrected chi connectivity index (χ2v) is 6.12. The minimum Gasteiger partial charge on any atom is -0.478 e. The van der Waals surface area contributed by atoms with Crippen molar-refractivity contribution in [1.82, 2.24) is 5.32 Å². The topological polar surface area (TPSA) is 66.4 Å². The van der Waals surface area contributed by atoms with Crippen molar-refractivity contribution >= 4 is 39.1 Å². The molecule has 0 aliphatic carbocycles. The van der Waals surface area contributed by atoms with Crippen LogP contribution in [0.2, 0.25) is 0 Å². The van der Waals surface area contributed by atoms with Crippen LogP contribution in [-0.4, -0.2) is 17.0 Å². The first-order valence-corrected chi connectivity index (χ1v) is 7.08. The molecule has 2 rings (SSSR count). The summed E-state index contributed by atoms with van der Waals surface area (Å²) >= 11 is 4.73.